The van der Waals surface area contributed by atoms with Gasteiger partial charge in [0.25, 0.3) is 5.56 Å². The average Bonchev–Trinajstić information content (AvgIpc) is 2.87. The molecule has 0 saturated heterocycles. The van der Waals surface area contributed by atoms with Gasteiger partial charge >= 0.3 is 5.69 Å². The number of carbonyl (C=O) groups is 1. The summed E-state index contributed by atoms with van der Waals surface area (Å²) in [5, 5.41) is 3.18. The van der Waals surface area contributed by atoms with E-state index in [0.29, 0.717) is 28.1 Å². The van der Waals surface area contributed by atoms with Gasteiger partial charge in [-0.15, -0.1) is 0 Å². The highest BCUT2D eigenvalue weighted by Crippen LogP contribution is 2.30. The largest absolute Gasteiger partial charge is 0.493 e. The van der Waals surface area contributed by atoms with Crippen molar-refractivity contribution in [1.29, 1.82) is 0 Å². The molecular formula is C26H25N3O5. The number of carbonyl (C=O) groups excluding carboxylic acids is 1. The van der Waals surface area contributed by atoms with E-state index < -0.39 is 23.2 Å². The van der Waals surface area contributed by atoms with E-state index in [-0.39, 0.29) is 6.54 Å². The Morgan fingerprint density at radius 3 is 2.29 bits per heavy atom. The van der Waals surface area contributed by atoms with Crippen LogP contribution in [-0.4, -0.2) is 29.3 Å². The zero-order chi connectivity index (χ0) is 24.2. The maximum Gasteiger partial charge on any atom is 0.332 e. The summed E-state index contributed by atoms with van der Waals surface area (Å²) in [4.78, 5) is 39.8. The highest BCUT2D eigenvalue weighted by atomic mass is 16.5. The van der Waals surface area contributed by atoms with Crippen LogP contribution in [0.25, 0.3) is 10.9 Å². The number of anilines is 1. The van der Waals surface area contributed by atoms with Crippen LogP contribution in [0.4, 0.5) is 5.69 Å². The van der Waals surface area contributed by atoms with Crippen LogP contribution < -0.4 is 26.0 Å². The van der Waals surface area contributed by atoms with E-state index in [1.165, 1.54) is 18.8 Å². The number of aromatic nitrogens is 2. The van der Waals surface area contributed by atoms with Gasteiger partial charge < -0.3 is 14.8 Å². The zero-order valence-corrected chi connectivity index (χ0v) is 19.1. The minimum absolute atomic E-state index is 0.105. The summed E-state index contributed by atoms with van der Waals surface area (Å²) in [6.07, 6.45) is 0. The Kier molecular flexibility index (Phi) is 6.49. The number of methoxy groups -OCH3 is 2. The highest BCUT2D eigenvalue weighted by molar-refractivity contribution is 5.95. The van der Waals surface area contributed by atoms with Crippen molar-refractivity contribution in [1.82, 2.24) is 9.13 Å². The first kappa shape index (κ1) is 22.8. The third-order valence-corrected chi connectivity index (χ3v) is 5.68. The Bertz CT molecular complexity index is 1460. The highest BCUT2D eigenvalue weighted by Gasteiger charge is 2.22. The number of nitrogens with zero attached hydrogens (tertiary/aromatic N) is 2. The van der Waals surface area contributed by atoms with Crippen molar-refractivity contribution in [2.24, 2.45) is 0 Å². The number of nitrogens with one attached hydrogen (secondary N) is 1. The van der Waals surface area contributed by atoms with Crippen molar-refractivity contribution in [2.75, 3.05) is 19.5 Å². The second-order valence-corrected chi connectivity index (χ2v) is 7.78. The Balaban J connectivity index is 1.76. The molecule has 1 heterocycles. The number of amides is 1. The standard InChI is InChI=1S/C26H25N3O5/c1-17(24(30)27-19-13-14-22(33-2)23(15-19)34-3)29-21-12-8-7-11-20(21)25(31)28(26(29)32)16-18-9-5-4-6-10-18/h4-15,17H,16H2,1-3H3,(H,27,30). The number of fused-ring (bicyclic) bond motifs is 1. The summed E-state index contributed by atoms with van der Waals surface area (Å²) in [7, 11) is 3.04. The third kappa shape index (κ3) is 4.30. The molecule has 0 fully saturated rings. The molecule has 4 aromatic rings. The molecular weight excluding hydrogens is 434 g/mol. The lowest BCUT2D eigenvalue weighted by atomic mass is 10.2. The summed E-state index contributed by atoms with van der Waals surface area (Å²) in [5.41, 5.74) is 0.753. The van der Waals surface area contributed by atoms with E-state index in [1.807, 2.05) is 30.3 Å². The van der Waals surface area contributed by atoms with Crippen LogP contribution in [0.3, 0.4) is 0 Å². The van der Waals surface area contributed by atoms with Gasteiger partial charge in [0.15, 0.2) is 11.5 Å². The van der Waals surface area contributed by atoms with Crippen molar-refractivity contribution < 1.29 is 14.3 Å². The molecule has 0 radical (unpaired) electrons. The van der Waals surface area contributed by atoms with Gasteiger partial charge in [0.1, 0.15) is 6.04 Å². The second kappa shape index (κ2) is 9.66. The van der Waals surface area contributed by atoms with E-state index in [1.54, 1.807) is 49.4 Å². The third-order valence-electron chi connectivity index (χ3n) is 5.68. The van der Waals surface area contributed by atoms with Crippen LogP contribution in [0.15, 0.2) is 82.4 Å². The average molecular weight is 460 g/mol. The Hall–Kier alpha value is -4.33. The first-order valence-corrected chi connectivity index (χ1v) is 10.8. The molecule has 34 heavy (non-hydrogen) atoms. The fourth-order valence-corrected chi connectivity index (χ4v) is 3.89. The number of para-hydroxylation sites is 1. The molecule has 3 aromatic carbocycles. The lowest BCUT2D eigenvalue weighted by molar-refractivity contribution is -0.118. The van der Waals surface area contributed by atoms with Gasteiger partial charge in [-0.3, -0.25) is 18.7 Å². The van der Waals surface area contributed by atoms with Crippen molar-refractivity contribution in [3.05, 3.63) is 99.2 Å². The first-order valence-electron chi connectivity index (χ1n) is 10.8. The molecule has 4 rings (SSSR count). The van der Waals surface area contributed by atoms with Crippen LogP contribution >= 0.6 is 0 Å². The Morgan fingerprint density at radius 1 is 0.912 bits per heavy atom. The van der Waals surface area contributed by atoms with Crippen molar-refractivity contribution in [3.63, 3.8) is 0 Å². The normalized spacial score (nSPS) is 11.7. The smallest absolute Gasteiger partial charge is 0.332 e. The lowest BCUT2D eigenvalue weighted by Gasteiger charge is -2.20. The Morgan fingerprint density at radius 2 is 1.59 bits per heavy atom. The molecule has 8 nitrogen and oxygen atoms in total. The van der Waals surface area contributed by atoms with Crippen molar-refractivity contribution in [2.45, 2.75) is 19.5 Å². The SMILES string of the molecule is COc1ccc(NC(=O)C(C)n2c(=O)n(Cc3ccccc3)c(=O)c3ccccc32)cc1OC. The minimum atomic E-state index is -0.895. The molecule has 0 aliphatic carbocycles. The van der Waals surface area contributed by atoms with Crippen LogP contribution in [0, 0.1) is 0 Å². The summed E-state index contributed by atoms with van der Waals surface area (Å²) >= 11 is 0. The van der Waals surface area contributed by atoms with E-state index in [9.17, 15) is 14.4 Å². The predicted molar refractivity (Wildman–Crippen MR) is 131 cm³/mol. The Labute approximate surface area is 196 Å². The van der Waals surface area contributed by atoms with Gasteiger partial charge in [-0.2, -0.15) is 0 Å². The summed E-state index contributed by atoms with van der Waals surface area (Å²) in [5.74, 6) is 0.583. The minimum Gasteiger partial charge on any atom is -0.493 e. The summed E-state index contributed by atoms with van der Waals surface area (Å²) < 4.78 is 13.1. The van der Waals surface area contributed by atoms with Crippen LogP contribution in [0.5, 0.6) is 11.5 Å². The van der Waals surface area contributed by atoms with Gasteiger partial charge in [0.05, 0.1) is 31.7 Å². The topological polar surface area (TPSA) is 91.6 Å². The number of hydrogen-bond donors (Lipinski definition) is 1. The number of benzene rings is 3. The number of ether oxygens (including phenoxy) is 2. The van der Waals surface area contributed by atoms with E-state index in [0.717, 1.165) is 10.1 Å². The zero-order valence-electron chi connectivity index (χ0n) is 19.1. The van der Waals surface area contributed by atoms with Gasteiger partial charge in [0.2, 0.25) is 5.91 Å². The lowest BCUT2D eigenvalue weighted by Crippen LogP contribution is -2.43. The molecule has 1 N–H and O–H groups in total. The molecule has 0 saturated carbocycles. The van der Waals surface area contributed by atoms with Gasteiger partial charge in [0, 0.05) is 11.8 Å². The van der Waals surface area contributed by atoms with Gasteiger partial charge in [-0.25, -0.2) is 4.79 Å². The van der Waals surface area contributed by atoms with Crippen molar-refractivity contribution >= 4 is 22.5 Å². The molecule has 0 spiro atoms. The molecule has 0 bridgehead atoms. The first-order chi connectivity index (χ1) is 16.4. The molecule has 8 heteroatoms. The van der Waals surface area contributed by atoms with Gasteiger partial charge in [-0.05, 0) is 36.8 Å². The molecule has 1 unspecified atom stereocenters. The number of hydrogen-bond acceptors (Lipinski definition) is 5. The molecule has 1 atom stereocenters. The molecule has 0 aliphatic heterocycles. The van der Waals surface area contributed by atoms with Gasteiger partial charge in [-0.1, -0.05) is 42.5 Å². The quantitative estimate of drug-likeness (QED) is 0.457. The van der Waals surface area contributed by atoms with Crippen LogP contribution in [0.2, 0.25) is 0 Å². The molecule has 0 aliphatic rings. The summed E-state index contributed by atoms with van der Waals surface area (Å²) in [6, 6.07) is 20.2. The maximum absolute atomic E-state index is 13.5. The van der Waals surface area contributed by atoms with Crippen LogP contribution in [0.1, 0.15) is 18.5 Å². The van der Waals surface area contributed by atoms with E-state index in [2.05, 4.69) is 5.32 Å². The molecule has 1 amide bonds. The molecule has 174 valence electrons. The number of rotatable bonds is 7. The van der Waals surface area contributed by atoms with Crippen molar-refractivity contribution in [3.8, 4) is 11.5 Å². The van der Waals surface area contributed by atoms with Crippen LogP contribution in [-0.2, 0) is 11.3 Å². The fourth-order valence-electron chi connectivity index (χ4n) is 3.89. The molecule has 1 aromatic heterocycles. The maximum atomic E-state index is 13.5. The monoisotopic (exact) mass is 459 g/mol. The van der Waals surface area contributed by atoms with E-state index in [4.69, 9.17) is 9.47 Å². The fraction of sp³-hybridized carbons (Fsp3) is 0.192. The van der Waals surface area contributed by atoms with E-state index >= 15 is 0 Å². The predicted octanol–water partition coefficient (Wildman–Crippen LogP) is 3.43. The summed E-state index contributed by atoms with van der Waals surface area (Å²) in [6.45, 7) is 1.73. The second-order valence-electron chi connectivity index (χ2n) is 7.78.